The molecule has 0 aromatic heterocycles. The van der Waals surface area contributed by atoms with Crippen LogP contribution in [0.1, 0.15) is 44.1 Å². The maximum Gasteiger partial charge on any atom is 0.225 e. The molecular formula is C19H27BrN2O. The maximum atomic E-state index is 12.7. The molecule has 0 N–H and O–H groups in total. The largest absolute Gasteiger partial charge is 0.342 e. The molecule has 0 atom stereocenters. The van der Waals surface area contributed by atoms with Crippen molar-refractivity contribution in [2.75, 3.05) is 26.2 Å². The van der Waals surface area contributed by atoms with Crippen molar-refractivity contribution in [2.24, 2.45) is 5.92 Å². The highest BCUT2D eigenvalue weighted by Crippen LogP contribution is 2.23. The number of carbonyl (C=O) groups is 1. The predicted octanol–water partition coefficient (Wildman–Crippen LogP) is 4.06. The van der Waals surface area contributed by atoms with E-state index in [0.717, 1.165) is 50.0 Å². The SMILES string of the molecule is O=C(C1CCN(Cc2cccc(Br)c2)CC1)N1CCCCCC1. The van der Waals surface area contributed by atoms with Gasteiger partial charge in [0.25, 0.3) is 0 Å². The number of carbonyl (C=O) groups excluding carboxylic acids is 1. The lowest BCUT2D eigenvalue weighted by Gasteiger charge is -2.34. The second-order valence-corrected chi connectivity index (χ2v) is 7.84. The van der Waals surface area contributed by atoms with Crippen LogP contribution < -0.4 is 0 Å². The van der Waals surface area contributed by atoms with Gasteiger partial charge in [-0.3, -0.25) is 9.69 Å². The summed E-state index contributed by atoms with van der Waals surface area (Å²) in [6, 6.07) is 8.53. The van der Waals surface area contributed by atoms with Crippen LogP contribution in [0.5, 0.6) is 0 Å². The van der Waals surface area contributed by atoms with Crippen molar-refractivity contribution in [3.05, 3.63) is 34.3 Å². The van der Waals surface area contributed by atoms with Gasteiger partial charge in [-0.2, -0.15) is 0 Å². The Hall–Kier alpha value is -0.870. The van der Waals surface area contributed by atoms with E-state index in [4.69, 9.17) is 0 Å². The molecule has 0 bridgehead atoms. The Morgan fingerprint density at radius 3 is 2.39 bits per heavy atom. The van der Waals surface area contributed by atoms with Crippen LogP contribution in [0.4, 0.5) is 0 Å². The maximum absolute atomic E-state index is 12.7. The van der Waals surface area contributed by atoms with E-state index in [2.05, 4.69) is 50.0 Å². The van der Waals surface area contributed by atoms with E-state index in [-0.39, 0.29) is 5.92 Å². The van der Waals surface area contributed by atoms with Crippen LogP contribution >= 0.6 is 15.9 Å². The first-order chi connectivity index (χ1) is 11.2. The molecule has 0 unspecified atom stereocenters. The lowest BCUT2D eigenvalue weighted by Crippen LogP contribution is -2.42. The van der Waals surface area contributed by atoms with E-state index >= 15 is 0 Å². The molecule has 0 spiro atoms. The molecule has 4 heteroatoms. The Balaban J connectivity index is 1.48. The molecule has 0 radical (unpaired) electrons. The topological polar surface area (TPSA) is 23.6 Å². The fraction of sp³-hybridized carbons (Fsp3) is 0.632. The summed E-state index contributed by atoms with van der Waals surface area (Å²) in [6.45, 7) is 5.03. The van der Waals surface area contributed by atoms with Crippen molar-refractivity contribution in [3.8, 4) is 0 Å². The molecular weight excluding hydrogens is 352 g/mol. The molecule has 1 amide bonds. The van der Waals surface area contributed by atoms with Crippen molar-refractivity contribution in [1.29, 1.82) is 0 Å². The van der Waals surface area contributed by atoms with Crippen molar-refractivity contribution < 1.29 is 4.79 Å². The van der Waals surface area contributed by atoms with Gasteiger partial charge in [-0.25, -0.2) is 0 Å². The van der Waals surface area contributed by atoms with E-state index in [1.165, 1.54) is 31.2 Å². The normalized spacial score (nSPS) is 21.2. The van der Waals surface area contributed by atoms with Gasteiger partial charge in [0.1, 0.15) is 0 Å². The van der Waals surface area contributed by atoms with E-state index in [9.17, 15) is 4.79 Å². The number of piperidine rings is 1. The standard InChI is InChI=1S/C19H27BrN2O/c20-18-7-5-6-16(14-18)15-21-12-8-17(9-13-21)19(23)22-10-3-1-2-4-11-22/h5-7,14,17H,1-4,8-13,15H2. The quantitative estimate of drug-likeness (QED) is 0.791. The average Bonchev–Trinajstić information content (AvgIpc) is 2.84. The van der Waals surface area contributed by atoms with E-state index in [1.54, 1.807) is 0 Å². The lowest BCUT2D eigenvalue weighted by molar-refractivity contribution is -0.137. The third-order valence-electron chi connectivity index (χ3n) is 5.15. The zero-order valence-corrected chi connectivity index (χ0v) is 15.4. The van der Waals surface area contributed by atoms with Gasteiger partial charge in [0.05, 0.1) is 0 Å². The number of hydrogen-bond donors (Lipinski definition) is 0. The summed E-state index contributed by atoms with van der Waals surface area (Å²) in [6.07, 6.45) is 6.98. The van der Waals surface area contributed by atoms with Gasteiger partial charge in [0.2, 0.25) is 5.91 Å². The molecule has 1 aromatic carbocycles. The van der Waals surface area contributed by atoms with Crippen LogP contribution in [0.2, 0.25) is 0 Å². The van der Waals surface area contributed by atoms with E-state index < -0.39 is 0 Å². The van der Waals surface area contributed by atoms with Gasteiger partial charge in [-0.1, -0.05) is 40.9 Å². The molecule has 2 aliphatic rings. The number of benzene rings is 1. The van der Waals surface area contributed by atoms with E-state index in [0.29, 0.717) is 5.91 Å². The zero-order chi connectivity index (χ0) is 16.1. The van der Waals surface area contributed by atoms with Crippen LogP contribution in [-0.4, -0.2) is 41.9 Å². The van der Waals surface area contributed by atoms with Crippen LogP contribution in [0.15, 0.2) is 28.7 Å². The molecule has 2 heterocycles. The second kappa shape index (κ2) is 8.29. The van der Waals surface area contributed by atoms with Gasteiger partial charge in [-0.05, 0) is 56.5 Å². The highest BCUT2D eigenvalue weighted by Gasteiger charge is 2.28. The first kappa shape index (κ1) is 17.0. The van der Waals surface area contributed by atoms with Gasteiger partial charge in [0, 0.05) is 30.0 Å². The molecule has 3 nitrogen and oxygen atoms in total. The summed E-state index contributed by atoms with van der Waals surface area (Å²) in [5, 5.41) is 0. The van der Waals surface area contributed by atoms with Crippen LogP contribution in [0.25, 0.3) is 0 Å². The zero-order valence-electron chi connectivity index (χ0n) is 13.8. The first-order valence-electron chi connectivity index (χ1n) is 8.98. The number of amides is 1. The number of rotatable bonds is 3. The highest BCUT2D eigenvalue weighted by molar-refractivity contribution is 9.10. The minimum atomic E-state index is 0.256. The Morgan fingerprint density at radius 1 is 1.04 bits per heavy atom. The summed E-state index contributed by atoms with van der Waals surface area (Å²) in [5.74, 6) is 0.681. The lowest BCUT2D eigenvalue weighted by atomic mass is 9.94. The minimum Gasteiger partial charge on any atom is -0.342 e. The van der Waals surface area contributed by atoms with Crippen LogP contribution in [-0.2, 0) is 11.3 Å². The molecule has 23 heavy (non-hydrogen) atoms. The summed E-state index contributed by atoms with van der Waals surface area (Å²) < 4.78 is 1.14. The molecule has 0 aliphatic carbocycles. The molecule has 2 fully saturated rings. The summed E-state index contributed by atoms with van der Waals surface area (Å²) in [7, 11) is 0. The molecule has 2 saturated heterocycles. The van der Waals surface area contributed by atoms with Gasteiger partial charge in [0.15, 0.2) is 0 Å². The van der Waals surface area contributed by atoms with Crippen molar-refractivity contribution >= 4 is 21.8 Å². The van der Waals surface area contributed by atoms with E-state index in [1.807, 2.05) is 0 Å². The van der Waals surface area contributed by atoms with Gasteiger partial charge in [-0.15, -0.1) is 0 Å². The molecule has 126 valence electrons. The fourth-order valence-electron chi connectivity index (χ4n) is 3.78. The van der Waals surface area contributed by atoms with Gasteiger partial charge >= 0.3 is 0 Å². The molecule has 3 rings (SSSR count). The molecule has 2 aliphatic heterocycles. The van der Waals surface area contributed by atoms with Crippen molar-refractivity contribution in [1.82, 2.24) is 9.80 Å². The fourth-order valence-corrected chi connectivity index (χ4v) is 4.23. The van der Waals surface area contributed by atoms with Crippen molar-refractivity contribution in [2.45, 2.75) is 45.1 Å². The number of nitrogens with zero attached hydrogens (tertiary/aromatic N) is 2. The smallest absolute Gasteiger partial charge is 0.225 e. The average molecular weight is 379 g/mol. The second-order valence-electron chi connectivity index (χ2n) is 6.92. The third-order valence-corrected chi connectivity index (χ3v) is 5.64. The summed E-state index contributed by atoms with van der Waals surface area (Å²) in [4.78, 5) is 17.3. The van der Waals surface area contributed by atoms with Gasteiger partial charge < -0.3 is 4.90 Å². The van der Waals surface area contributed by atoms with Crippen LogP contribution in [0, 0.1) is 5.92 Å². The Kier molecular flexibility index (Phi) is 6.12. The first-order valence-corrected chi connectivity index (χ1v) is 9.77. The number of halogens is 1. The number of likely N-dealkylation sites (tertiary alicyclic amines) is 2. The minimum absolute atomic E-state index is 0.256. The highest BCUT2D eigenvalue weighted by atomic mass is 79.9. The monoisotopic (exact) mass is 378 g/mol. The third kappa shape index (κ3) is 4.80. The molecule has 1 aromatic rings. The van der Waals surface area contributed by atoms with Crippen molar-refractivity contribution in [3.63, 3.8) is 0 Å². The van der Waals surface area contributed by atoms with Crippen LogP contribution in [0.3, 0.4) is 0 Å². The Morgan fingerprint density at radius 2 is 1.74 bits per heavy atom. The summed E-state index contributed by atoms with van der Waals surface area (Å²) >= 11 is 3.54. The number of hydrogen-bond acceptors (Lipinski definition) is 2. The Bertz CT molecular complexity index is 518. The molecule has 0 saturated carbocycles. The predicted molar refractivity (Wildman–Crippen MR) is 97.2 cm³/mol. The Labute approximate surface area is 148 Å². The summed E-state index contributed by atoms with van der Waals surface area (Å²) in [5.41, 5.74) is 1.34.